The Balaban J connectivity index is 1.58. The monoisotopic (exact) mass is 408 g/mol. The average Bonchev–Trinajstić information content (AvgIpc) is 2.67. The molecule has 0 aliphatic rings. The van der Waals surface area contributed by atoms with Gasteiger partial charge >= 0.3 is 6.03 Å². The molecule has 0 fully saturated rings. The van der Waals surface area contributed by atoms with E-state index >= 15 is 0 Å². The predicted octanol–water partition coefficient (Wildman–Crippen LogP) is 4.59. The first kappa shape index (κ1) is 18.7. The van der Waals surface area contributed by atoms with Crippen LogP contribution < -0.4 is 10.6 Å². The fourth-order valence-corrected chi connectivity index (χ4v) is 3.65. The van der Waals surface area contributed by atoms with Crippen LogP contribution in [-0.4, -0.2) is 24.1 Å². The molecule has 4 aromatic carbocycles. The van der Waals surface area contributed by atoms with Crippen molar-refractivity contribution < 1.29 is 22.9 Å². The van der Waals surface area contributed by atoms with Crippen LogP contribution >= 0.6 is 0 Å². The van der Waals surface area contributed by atoms with Gasteiger partial charge in [-0.05, 0) is 52.6 Å². The van der Waals surface area contributed by atoms with Crippen molar-refractivity contribution in [2.75, 3.05) is 10.6 Å². The Morgan fingerprint density at radius 3 is 2.07 bits per heavy atom. The highest BCUT2D eigenvalue weighted by molar-refractivity contribution is 7.85. The summed E-state index contributed by atoms with van der Waals surface area (Å²) in [7, 11) is -4.47. The van der Waals surface area contributed by atoms with Crippen LogP contribution in [0, 0.1) is 0 Å². The fourth-order valence-electron chi connectivity index (χ4n) is 3.11. The van der Waals surface area contributed by atoms with Crippen molar-refractivity contribution in [2.24, 2.45) is 0 Å². The largest absolute Gasteiger partial charge is 0.507 e. The van der Waals surface area contributed by atoms with Gasteiger partial charge in [-0.25, -0.2) is 4.79 Å². The number of carbonyl (C=O) groups is 1. The zero-order valence-electron chi connectivity index (χ0n) is 15.0. The Morgan fingerprint density at radius 1 is 0.759 bits per heavy atom. The van der Waals surface area contributed by atoms with Gasteiger partial charge in [-0.1, -0.05) is 30.3 Å². The first-order chi connectivity index (χ1) is 13.8. The summed E-state index contributed by atoms with van der Waals surface area (Å²) in [6, 6.07) is 19.7. The summed E-state index contributed by atoms with van der Waals surface area (Å²) in [4.78, 5) is 11.9. The Labute approximate surface area is 166 Å². The number of carbonyl (C=O) groups excluding carboxylic acids is 1. The van der Waals surface area contributed by atoms with E-state index in [1.807, 2.05) is 36.4 Å². The lowest BCUT2D eigenvalue weighted by atomic mass is 10.1. The number of benzene rings is 4. The van der Waals surface area contributed by atoms with E-state index < -0.39 is 21.0 Å². The van der Waals surface area contributed by atoms with Gasteiger partial charge < -0.3 is 15.7 Å². The highest BCUT2D eigenvalue weighted by Crippen LogP contribution is 2.30. The maximum absolute atomic E-state index is 12.3. The lowest BCUT2D eigenvalue weighted by Crippen LogP contribution is -2.19. The summed E-state index contributed by atoms with van der Waals surface area (Å²) >= 11 is 0. The van der Waals surface area contributed by atoms with E-state index in [4.69, 9.17) is 0 Å². The molecule has 0 bridgehead atoms. The number of nitrogens with one attached hydrogen (secondary N) is 2. The number of hydrogen-bond donors (Lipinski definition) is 4. The van der Waals surface area contributed by atoms with E-state index in [2.05, 4.69) is 10.6 Å². The van der Waals surface area contributed by atoms with E-state index in [1.165, 1.54) is 12.1 Å². The molecule has 0 spiro atoms. The third-order valence-corrected chi connectivity index (χ3v) is 5.30. The molecule has 2 amide bonds. The number of phenolic OH excluding ortho intramolecular Hbond substituents is 1. The first-order valence-electron chi connectivity index (χ1n) is 8.61. The highest BCUT2D eigenvalue weighted by atomic mass is 32.2. The lowest BCUT2D eigenvalue weighted by Gasteiger charge is -2.10. The average molecular weight is 408 g/mol. The zero-order valence-corrected chi connectivity index (χ0v) is 15.8. The number of fused-ring (bicyclic) bond motifs is 2. The molecular weight excluding hydrogens is 392 g/mol. The minimum absolute atomic E-state index is 0.290. The van der Waals surface area contributed by atoms with E-state index in [0.29, 0.717) is 22.1 Å². The third kappa shape index (κ3) is 3.98. The van der Waals surface area contributed by atoms with Gasteiger partial charge in [0.25, 0.3) is 10.1 Å². The van der Waals surface area contributed by atoms with Gasteiger partial charge in [-0.2, -0.15) is 8.42 Å². The van der Waals surface area contributed by atoms with Crippen LogP contribution in [0.5, 0.6) is 5.75 Å². The van der Waals surface area contributed by atoms with Crippen LogP contribution in [0.1, 0.15) is 0 Å². The maximum atomic E-state index is 12.3. The van der Waals surface area contributed by atoms with E-state index in [9.17, 15) is 22.9 Å². The molecule has 0 unspecified atom stereocenters. The van der Waals surface area contributed by atoms with Crippen molar-refractivity contribution in [3.05, 3.63) is 72.8 Å². The highest BCUT2D eigenvalue weighted by Gasteiger charge is 2.14. The summed E-state index contributed by atoms with van der Waals surface area (Å²) in [5.41, 5.74) is 1.01. The Hall–Kier alpha value is -3.62. The van der Waals surface area contributed by atoms with Crippen LogP contribution in [0.4, 0.5) is 16.2 Å². The molecule has 146 valence electrons. The van der Waals surface area contributed by atoms with Gasteiger partial charge in [0, 0.05) is 22.8 Å². The molecule has 0 aliphatic heterocycles. The van der Waals surface area contributed by atoms with Gasteiger partial charge in [-0.3, -0.25) is 4.55 Å². The molecular formula is C21H16N2O5S. The van der Waals surface area contributed by atoms with Crippen LogP contribution in [0.2, 0.25) is 0 Å². The predicted molar refractivity (Wildman–Crippen MR) is 112 cm³/mol. The number of amides is 2. The maximum Gasteiger partial charge on any atom is 0.323 e. The standard InChI is InChI=1S/C21H16N2O5S/c24-20-12-18(29(26,27)28)11-15-10-17(7-8-19(15)20)23-21(25)22-16-6-5-13-3-1-2-4-14(13)9-16/h1-12,24H,(H2,22,23,25)(H,26,27,28). The lowest BCUT2D eigenvalue weighted by molar-refractivity contribution is 0.262. The molecule has 0 atom stereocenters. The van der Waals surface area contributed by atoms with Crippen molar-refractivity contribution in [1.29, 1.82) is 0 Å². The van der Waals surface area contributed by atoms with Crippen LogP contribution in [0.15, 0.2) is 77.7 Å². The quantitative estimate of drug-likeness (QED) is 0.370. The van der Waals surface area contributed by atoms with Crippen LogP contribution in [0.3, 0.4) is 0 Å². The Kier molecular flexibility index (Phi) is 4.57. The topological polar surface area (TPSA) is 116 Å². The molecule has 0 aromatic heterocycles. The smallest absolute Gasteiger partial charge is 0.323 e. The summed E-state index contributed by atoms with van der Waals surface area (Å²) in [5.74, 6) is -0.290. The molecule has 4 rings (SSSR count). The minimum Gasteiger partial charge on any atom is -0.507 e. The van der Waals surface area contributed by atoms with Gasteiger partial charge in [0.15, 0.2) is 0 Å². The van der Waals surface area contributed by atoms with E-state index in [-0.39, 0.29) is 5.75 Å². The Morgan fingerprint density at radius 2 is 1.38 bits per heavy atom. The zero-order chi connectivity index (χ0) is 20.6. The van der Waals surface area contributed by atoms with Crippen LogP contribution in [0.25, 0.3) is 21.5 Å². The molecule has 0 saturated heterocycles. The molecule has 8 heteroatoms. The van der Waals surface area contributed by atoms with Gasteiger partial charge in [-0.15, -0.1) is 0 Å². The van der Waals surface area contributed by atoms with Crippen LogP contribution in [-0.2, 0) is 10.1 Å². The minimum atomic E-state index is -4.47. The third-order valence-electron chi connectivity index (χ3n) is 4.47. The number of anilines is 2. The van der Waals surface area contributed by atoms with E-state index in [1.54, 1.807) is 18.2 Å². The molecule has 7 nitrogen and oxygen atoms in total. The number of phenols is 1. The van der Waals surface area contributed by atoms with Crippen molar-refractivity contribution in [3.8, 4) is 5.75 Å². The number of rotatable bonds is 3. The number of urea groups is 1. The molecule has 0 heterocycles. The normalized spacial score (nSPS) is 11.5. The van der Waals surface area contributed by atoms with Gasteiger partial charge in [0.05, 0.1) is 4.90 Å². The molecule has 4 aromatic rings. The Bertz CT molecular complexity index is 1370. The molecule has 0 saturated carbocycles. The molecule has 0 radical (unpaired) electrons. The van der Waals surface area contributed by atoms with Crippen molar-refractivity contribution in [3.63, 3.8) is 0 Å². The van der Waals surface area contributed by atoms with Crippen molar-refractivity contribution >= 4 is 49.1 Å². The number of aromatic hydroxyl groups is 1. The van der Waals surface area contributed by atoms with Crippen molar-refractivity contribution in [1.82, 2.24) is 0 Å². The van der Waals surface area contributed by atoms with E-state index in [0.717, 1.165) is 16.8 Å². The first-order valence-corrected chi connectivity index (χ1v) is 10.0. The SMILES string of the molecule is O=C(Nc1ccc2ccccc2c1)Nc1ccc2c(O)cc(S(=O)(=O)O)cc2c1. The summed E-state index contributed by atoms with van der Waals surface area (Å²) in [5, 5.41) is 18.2. The molecule has 0 aliphatic carbocycles. The second-order valence-corrected chi connectivity index (χ2v) is 7.92. The van der Waals surface area contributed by atoms with Gasteiger partial charge in [0.2, 0.25) is 0 Å². The molecule has 29 heavy (non-hydrogen) atoms. The number of hydrogen-bond acceptors (Lipinski definition) is 4. The second-order valence-electron chi connectivity index (χ2n) is 6.49. The molecule has 4 N–H and O–H groups in total. The second kappa shape index (κ2) is 7.08. The van der Waals surface area contributed by atoms with Gasteiger partial charge in [0.1, 0.15) is 5.75 Å². The summed E-state index contributed by atoms with van der Waals surface area (Å²) < 4.78 is 31.9. The summed E-state index contributed by atoms with van der Waals surface area (Å²) in [6.07, 6.45) is 0. The van der Waals surface area contributed by atoms with Crippen molar-refractivity contribution in [2.45, 2.75) is 4.90 Å². The summed E-state index contributed by atoms with van der Waals surface area (Å²) in [6.45, 7) is 0. The fraction of sp³-hybridized carbons (Fsp3) is 0.